The van der Waals surface area contributed by atoms with Crippen LogP contribution in [-0.2, 0) is 9.59 Å². The van der Waals surface area contributed by atoms with Crippen molar-refractivity contribution in [1.29, 1.82) is 0 Å². The van der Waals surface area contributed by atoms with E-state index in [2.05, 4.69) is 4.90 Å². The Bertz CT molecular complexity index is 879. The summed E-state index contributed by atoms with van der Waals surface area (Å²) in [6.45, 7) is 2.88. The van der Waals surface area contributed by atoms with Gasteiger partial charge in [0.15, 0.2) is 0 Å². The molecule has 7 heteroatoms. The first-order valence-corrected chi connectivity index (χ1v) is 9.78. The number of hydrogen-bond acceptors (Lipinski definition) is 4. The molecule has 0 saturated carbocycles. The summed E-state index contributed by atoms with van der Waals surface area (Å²) in [4.78, 5) is 30.9. The zero-order valence-electron chi connectivity index (χ0n) is 15.4. The third-order valence-corrected chi connectivity index (χ3v) is 5.68. The number of para-hydroxylation sites is 2. The number of piperazine rings is 1. The molecule has 4 rings (SSSR count). The van der Waals surface area contributed by atoms with E-state index in [0.29, 0.717) is 37.7 Å². The minimum Gasteiger partial charge on any atom is -0.506 e. The molecule has 2 aliphatic heterocycles. The zero-order chi connectivity index (χ0) is 19.7. The molecule has 1 N–H and O–H groups in total. The lowest BCUT2D eigenvalue weighted by atomic mass is 10.1. The van der Waals surface area contributed by atoms with Crippen LogP contribution >= 0.6 is 11.6 Å². The van der Waals surface area contributed by atoms with E-state index < -0.39 is 0 Å². The SMILES string of the molecule is O=C(C1CC(=O)N(c2ccc(Cl)cc2)C1)N1CCN(c2ccccc2O)CC1. The maximum atomic E-state index is 12.9. The van der Waals surface area contributed by atoms with Gasteiger partial charge in [-0.1, -0.05) is 23.7 Å². The third-order valence-electron chi connectivity index (χ3n) is 5.43. The van der Waals surface area contributed by atoms with Gasteiger partial charge in [-0.05, 0) is 36.4 Å². The van der Waals surface area contributed by atoms with Crippen LogP contribution in [-0.4, -0.2) is 54.5 Å². The van der Waals surface area contributed by atoms with Gasteiger partial charge in [0.2, 0.25) is 11.8 Å². The summed E-state index contributed by atoms with van der Waals surface area (Å²) in [5.41, 5.74) is 1.56. The van der Waals surface area contributed by atoms with E-state index in [-0.39, 0.29) is 29.9 Å². The molecule has 0 radical (unpaired) electrons. The van der Waals surface area contributed by atoms with Gasteiger partial charge in [0, 0.05) is 49.9 Å². The summed E-state index contributed by atoms with van der Waals surface area (Å²) in [5.74, 6) is -0.0719. The zero-order valence-corrected chi connectivity index (χ0v) is 16.2. The third kappa shape index (κ3) is 3.64. The molecule has 2 heterocycles. The maximum Gasteiger partial charge on any atom is 0.228 e. The molecule has 0 bridgehead atoms. The fourth-order valence-corrected chi connectivity index (χ4v) is 4.03. The van der Waals surface area contributed by atoms with Crippen LogP contribution in [0.25, 0.3) is 0 Å². The van der Waals surface area contributed by atoms with E-state index in [1.54, 1.807) is 41.3 Å². The Morgan fingerprint density at radius 2 is 1.68 bits per heavy atom. The highest BCUT2D eigenvalue weighted by atomic mass is 35.5. The minimum absolute atomic E-state index is 0.0294. The highest BCUT2D eigenvalue weighted by Crippen LogP contribution is 2.29. The number of phenolic OH excluding ortho intramolecular Hbond substituents is 1. The van der Waals surface area contributed by atoms with Gasteiger partial charge in [-0.25, -0.2) is 0 Å². The quantitative estimate of drug-likeness (QED) is 0.862. The van der Waals surface area contributed by atoms with Gasteiger partial charge in [0.05, 0.1) is 11.6 Å². The van der Waals surface area contributed by atoms with Gasteiger partial charge in [0.1, 0.15) is 5.75 Å². The van der Waals surface area contributed by atoms with Crippen molar-refractivity contribution in [1.82, 2.24) is 4.90 Å². The molecular formula is C21H22ClN3O3. The number of rotatable bonds is 3. The van der Waals surface area contributed by atoms with E-state index in [0.717, 1.165) is 11.4 Å². The second kappa shape index (κ2) is 7.72. The van der Waals surface area contributed by atoms with Crippen molar-refractivity contribution >= 4 is 34.8 Å². The van der Waals surface area contributed by atoms with E-state index in [9.17, 15) is 14.7 Å². The minimum atomic E-state index is -0.320. The van der Waals surface area contributed by atoms with E-state index in [1.165, 1.54) is 0 Å². The molecule has 2 saturated heterocycles. The van der Waals surface area contributed by atoms with Gasteiger partial charge in [-0.15, -0.1) is 0 Å². The lowest BCUT2D eigenvalue weighted by Crippen LogP contribution is -2.50. The van der Waals surface area contributed by atoms with Crippen LogP contribution in [0.4, 0.5) is 11.4 Å². The fraction of sp³-hybridized carbons (Fsp3) is 0.333. The largest absolute Gasteiger partial charge is 0.506 e. The number of carbonyl (C=O) groups is 2. The molecule has 2 aromatic rings. The number of hydrogen-bond donors (Lipinski definition) is 1. The van der Waals surface area contributed by atoms with Crippen LogP contribution in [0.5, 0.6) is 5.75 Å². The molecule has 6 nitrogen and oxygen atoms in total. The smallest absolute Gasteiger partial charge is 0.228 e. The second-order valence-electron chi connectivity index (χ2n) is 7.18. The maximum absolute atomic E-state index is 12.9. The molecule has 146 valence electrons. The van der Waals surface area contributed by atoms with E-state index >= 15 is 0 Å². The first-order valence-electron chi connectivity index (χ1n) is 9.40. The summed E-state index contributed by atoms with van der Waals surface area (Å²) < 4.78 is 0. The van der Waals surface area contributed by atoms with Crippen molar-refractivity contribution < 1.29 is 14.7 Å². The Labute approximate surface area is 168 Å². The predicted molar refractivity (Wildman–Crippen MR) is 109 cm³/mol. The molecule has 2 fully saturated rings. The number of nitrogens with zero attached hydrogens (tertiary/aromatic N) is 3. The topological polar surface area (TPSA) is 64.1 Å². The number of benzene rings is 2. The summed E-state index contributed by atoms with van der Waals surface area (Å²) in [7, 11) is 0. The summed E-state index contributed by atoms with van der Waals surface area (Å²) in [5, 5.41) is 10.6. The molecule has 2 aromatic carbocycles. The van der Waals surface area contributed by atoms with Crippen LogP contribution in [0.2, 0.25) is 5.02 Å². The van der Waals surface area contributed by atoms with Crippen molar-refractivity contribution in [3.05, 3.63) is 53.6 Å². The molecule has 0 spiro atoms. The molecule has 2 aliphatic rings. The average Bonchev–Trinajstić information content (AvgIpc) is 3.10. The van der Waals surface area contributed by atoms with Crippen LogP contribution in [0.1, 0.15) is 6.42 Å². The lowest BCUT2D eigenvalue weighted by Gasteiger charge is -2.37. The van der Waals surface area contributed by atoms with Crippen LogP contribution in [0.15, 0.2) is 48.5 Å². The number of aromatic hydroxyl groups is 1. The monoisotopic (exact) mass is 399 g/mol. The summed E-state index contributed by atoms with van der Waals surface area (Å²) >= 11 is 5.92. The van der Waals surface area contributed by atoms with Crippen molar-refractivity contribution in [3.63, 3.8) is 0 Å². The molecule has 2 amide bonds. The van der Waals surface area contributed by atoms with E-state index in [1.807, 2.05) is 17.0 Å². The highest BCUT2D eigenvalue weighted by Gasteiger charge is 2.38. The van der Waals surface area contributed by atoms with Crippen molar-refractivity contribution in [2.24, 2.45) is 5.92 Å². The molecule has 0 aromatic heterocycles. The van der Waals surface area contributed by atoms with Crippen LogP contribution in [0, 0.1) is 5.92 Å². The number of carbonyl (C=O) groups excluding carboxylic acids is 2. The average molecular weight is 400 g/mol. The number of amides is 2. The van der Waals surface area contributed by atoms with Crippen LogP contribution < -0.4 is 9.80 Å². The Hall–Kier alpha value is -2.73. The Balaban J connectivity index is 1.37. The normalized spacial score (nSPS) is 20.0. The Kier molecular flexibility index (Phi) is 5.13. The Morgan fingerprint density at radius 1 is 1.00 bits per heavy atom. The second-order valence-corrected chi connectivity index (χ2v) is 7.62. The van der Waals surface area contributed by atoms with Crippen molar-refractivity contribution in [2.45, 2.75) is 6.42 Å². The standard InChI is InChI=1S/C21H22ClN3O3/c22-16-5-7-17(8-6-16)25-14-15(13-20(25)27)21(28)24-11-9-23(10-12-24)18-3-1-2-4-19(18)26/h1-8,15,26H,9-14H2. The first-order chi connectivity index (χ1) is 13.5. The summed E-state index contributed by atoms with van der Waals surface area (Å²) in [6.07, 6.45) is 0.237. The van der Waals surface area contributed by atoms with Crippen molar-refractivity contribution in [3.8, 4) is 5.75 Å². The number of halogens is 1. The molecule has 1 atom stereocenters. The molecular weight excluding hydrogens is 378 g/mol. The number of phenols is 1. The van der Waals surface area contributed by atoms with E-state index in [4.69, 9.17) is 11.6 Å². The van der Waals surface area contributed by atoms with Crippen molar-refractivity contribution in [2.75, 3.05) is 42.5 Å². The predicted octanol–water partition coefficient (Wildman–Crippen LogP) is 2.75. The van der Waals surface area contributed by atoms with Crippen LogP contribution in [0.3, 0.4) is 0 Å². The number of anilines is 2. The van der Waals surface area contributed by atoms with Gasteiger partial charge >= 0.3 is 0 Å². The first kappa shape index (κ1) is 18.6. The fourth-order valence-electron chi connectivity index (χ4n) is 3.90. The van der Waals surface area contributed by atoms with Gasteiger partial charge < -0.3 is 19.8 Å². The summed E-state index contributed by atoms with van der Waals surface area (Å²) in [6, 6.07) is 14.3. The molecule has 0 aliphatic carbocycles. The highest BCUT2D eigenvalue weighted by molar-refractivity contribution is 6.30. The van der Waals surface area contributed by atoms with Gasteiger partial charge in [0.25, 0.3) is 0 Å². The van der Waals surface area contributed by atoms with Gasteiger partial charge in [-0.2, -0.15) is 0 Å². The molecule has 28 heavy (non-hydrogen) atoms. The molecule has 1 unspecified atom stereocenters. The lowest BCUT2D eigenvalue weighted by molar-refractivity contribution is -0.136. The van der Waals surface area contributed by atoms with Gasteiger partial charge in [-0.3, -0.25) is 9.59 Å². The Morgan fingerprint density at radius 3 is 2.36 bits per heavy atom.